The molecule has 0 saturated heterocycles. The van der Waals surface area contributed by atoms with E-state index >= 15 is 0 Å². The molecule has 0 unspecified atom stereocenters. The van der Waals surface area contributed by atoms with Crippen molar-refractivity contribution in [2.75, 3.05) is 0 Å². The Morgan fingerprint density at radius 3 is 2.89 bits per heavy atom. The van der Waals surface area contributed by atoms with Crippen molar-refractivity contribution in [3.05, 3.63) is 53.6 Å². The van der Waals surface area contributed by atoms with Crippen LogP contribution in [-0.4, -0.2) is 29.7 Å². The summed E-state index contributed by atoms with van der Waals surface area (Å²) < 4.78 is 2.44. The van der Waals surface area contributed by atoms with Crippen molar-refractivity contribution < 1.29 is 0 Å². The molecule has 0 saturated carbocycles. The maximum atomic E-state index is 5.25. The molecule has 3 rings (SSSR count). The van der Waals surface area contributed by atoms with Crippen LogP contribution in [0.25, 0.3) is 11.4 Å². The normalized spacial score (nSPS) is 10.5. The van der Waals surface area contributed by atoms with Crippen LogP contribution in [0.4, 0.5) is 0 Å². The van der Waals surface area contributed by atoms with Gasteiger partial charge in [-0.2, -0.15) is 5.10 Å². The quantitative estimate of drug-likeness (QED) is 0.735. The first-order valence-electron chi connectivity index (χ1n) is 5.65. The van der Waals surface area contributed by atoms with Crippen molar-refractivity contribution in [2.24, 2.45) is 0 Å². The second kappa shape index (κ2) is 5.07. The largest absolute Gasteiger partial charge is 0.294 e. The molecule has 94 valence electrons. The zero-order valence-corrected chi connectivity index (χ0v) is 10.7. The lowest BCUT2D eigenvalue weighted by Gasteiger charge is -2.05. The maximum absolute atomic E-state index is 5.25. The minimum Gasteiger partial charge on any atom is -0.294 e. The van der Waals surface area contributed by atoms with Gasteiger partial charge in [0.05, 0.1) is 12.2 Å². The van der Waals surface area contributed by atoms with Gasteiger partial charge in [-0.1, -0.05) is 0 Å². The first kappa shape index (κ1) is 11.7. The molecule has 0 aliphatic rings. The van der Waals surface area contributed by atoms with Crippen molar-refractivity contribution in [2.45, 2.75) is 6.54 Å². The Morgan fingerprint density at radius 1 is 1.21 bits per heavy atom. The topological polar surface area (TPSA) is 72.3 Å². The lowest BCUT2D eigenvalue weighted by atomic mass is 10.2. The summed E-state index contributed by atoms with van der Waals surface area (Å²) in [7, 11) is 0. The summed E-state index contributed by atoms with van der Waals surface area (Å²) in [5, 5.41) is 7.05. The van der Waals surface area contributed by atoms with Gasteiger partial charge in [-0.3, -0.25) is 14.6 Å². The number of nitrogens with one attached hydrogen (secondary N) is 1. The third-order valence-corrected chi connectivity index (χ3v) is 2.95. The van der Waals surface area contributed by atoms with Crippen LogP contribution >= 0.6 is 12.2 Å². The highest BCUT2D eigenvalue weighted by molar-refractivity contribution is 7.71. The lowest BCUT2D eigenvalue weighted by molar-refractivity contribution is 0.762. The predicted molar refractivity (Wildman–Crippen MR) is 71.8 cm³/mol. The first-order valence-corrected chi connectivity index (χ1v) is 6.06. The Morgan fingerprint density at radius 2 is 2.16 bits per heavy atom. The Kier molecular flexibility index (Phi) is 3.11. The van der Waals surface area contributed by atoms with Gasteiger partial charge in [-0.05, 0) is 30.4 Å². The lowest BCUT2D eigenvalue weighted by Crippen LogP contribution is -2.04. The summed E-state index contributed by atoms with van der Waals surface area (Å²) in [6.07, 6.45) is 6.69. The van der Waals surface area contributed by atoms with E-state index in [0.29, 0.717) is 11.3 Å². The fourth-order valence-electron chi connectivity index (χ4n) is 1.75. The molecule has 6 nitrogen and oxygen atoms in total. The SMILES string of the molecule is S=c1[nH]nc(-c2cccnc2)n1Cc1ccncn1. The van der Waals surface area contributed by atoms with Gasteiger partial charge < -0.3 is 0 Å². The summed E-state index contributed by atoms with van der Waals surface area (Å²) in [4.78, 5) is 12.2. The van der Waals surface area contributed by atoms with Crippen LogP contribution < -0.4 is 0 Å². The van der Waals surface area contributed by atoms with Gasteiger partial charge in [0.15, 0.2) is 10.6 Å². The van der Waals surface area contributed by atoms with Crippen molar-refractivity contribution >= 4 is 12.2 Å². The molecule has 0 aromatic carbocycles. The van der Waals surface area contributed by atoms with Crippen LogP contribution in [0.15, 0.2) is 43.1 Å². The molecule has 7 heteroatoms. The number of nitrogens with zero attached hydrogens (tertiary/aromatic N) is 5. The van der Waals surface area contributed by atoms with Gasteiger partial charge in [0.25, 0.3) is 0 Å². The minimum atomic E-state index is 0.544. The molecule has 19 heavy (non-hydrogen) atoms. The fraction of sp³-hybridized carbons (Fsp3) is 0.0833. The van der Waals surface area contributed by atoms with Crippen molar-refractivity contribution in [3.63, 3.8) is 0 Å². The Bertz CT molecular complexity index is 719. The van der Waals surface area contributed by atoms with Gasteiger partial charge in [0.1, 0.15) is 6.33 Å². The molecule has 0 fully saturated rings. The Labute approximate surface area is 114 Å². The minimum absolute atomic E-state index is 0.544. The van der Waals surface area contributed by atoms with Gasteiger partial charge in [-0.25, -0.2) is 9.97 Å². The van der Waals surface area contributed by atoms with Gasteiger partial charge in [-0.15, -0.1) is 0 Å². The van der Waals surface area contributed by atoms with Crippen LogP contribution in [-0.2, 0) is 6.54 Å². The van der Waals surface area contributed by atoms with Crippen molar-refractivity contribution in [1.29, 1.82) is 0 Å². The molecule has 3 aromatic rings. The molecule has 0 spiro atoms. The van der Waals surface area contributed by atoms with Crippen LogP contribution in [0.1, 0.15) is 5.69 Å². The summed E-state index contributed by atoms with van der Waals surface area (Å²) in [5.74, 6) is 0.747. The average molecular weight is 270 g/mol. The highest BCUT2D eigenvalue weighted by Crippen LogP contribution is 2.16. The molecule has 1 N–H and O–H groups in total. The van der Waals surface area contributed by atoms with Gasteiger partial charge in [0, 0.05) is 24.2 Å². The maximum Gasteiger partial charge on any atom is 0.195 e. The summed E-state index contributed by atoms with van der Waals surface area (Å²) in [6.45, 7) is 0.544. The second-order valence-electron chi connectivity index (χ2n) is 3.88. The highest BCUT2D eigenvalue weighted by Gasteiger charge is 2.09. The monoisotopic (exact) mass is 270 g/mol. The van der Waals surface area contributed by atoms with Crippen molar-refractivity contribution in [3.8, 4) is 11.4 Å². The molecule has 0 aliphatic carbocycles. The summed E-state index contributed by atoms with van der Waals surface area (Å²) in [6, 6.07) is 5.65. The zero-order chi connectivity index (χ0) is 13.1. The second-order valence-corrected chi connectivity index (χ2v) is 4.27. The molecular weight excluding hydrogens is 260 g/mol. The number of pyridine rings is 1. The molecule has 0 amide bonds. The predicted octanol–water partition coefficient (Wildman–Crippen LogP) is 1.84. The third kappa shape index (κ3) is 2.41. The standard InChI is InChI=1S/C12H10N6S/c19-12-17-16-11(9-2-1-4-13-6-9)18(12)7-10-3-5-14-8-15-10/h1-6,8H,7H2,(H,17,19). The molecule has 0 atom stereocenters. The Balaban J connectivity index is 2.03. The van der Waals surface area contributed by atoms with E-state index < -0.39 is 0 Å². The Hall–Kier alpha value is -2.41. The van der Waals surface area contributed by atoms with Gasteiger partial charge in [0.2, 0.25) is 0 Å². The average Bonchev–Trinajstić information content (AvgIpc) is 2.82. The zero-order valence-electron chi connectivity index (χ0n) is 9.89. The molecule has 3 heterocycles. The number of hydrogen-bond acceptors (Lipinski definition) is 5. The van der Waals surface area contributed by atoms with E-state index in [4.69, 9.17) is 12.2 Å². The number of aromatic amines is 1. The smallest absolute Gasteiger partial charge is 0.195 e. The van der Waals surface area contributed by atoms with E-state index in [9.17, 15) is 0 Å². The third-order valence-electron chi connectivity index (χ3n) is 2.64. The molecule has 0 aliphatic heterocycles. The van der Waals surface area contributed by atoms with E-state index in [0.717, 1.165) is 17.1 Å². The summed E-state index contributed by atoms with van der Waals surface area (Å²) in [5.41, 5.74) is 1.78. The van der Waals surface area contributed by atoms with E-state index in [1.54, 1.807) is 18.6 Å². The molecule has 0 bridgehead atoms. The van der Waals surface area contributed by atoms with Gasteiger partial charge >= 0.3 is 0 Å². The fourth-order valence-corrected chi connectivity index (χ4v) is 1.95. The van der Waals surface area contributed by atoms with E-state index in [1.807, 2.05) is 22.8 Å². The number of rotatable bonds is 3. The summed E-state index contributed by atoms with van der Waals surface area (Å²) >= 11 is 5.25. The van der Waals surface area contributed by atoms with E-state index in [2.05, 4.69) is 25.1 Å². The van der Waals surface area contributed by atoms with E-state index in [1.165, 1.54) is 6.33 Å². The highest BCUT2D eigenvalue weighted by atomic mass is 32.1. The number of hydrogen-bond donors (Lipinski definition) is 1. The van der Waals surface area contributed by atoms with Crippen LogP contribution in [0, 0.1) is 4.77 Å². The van der Waals surface area contributed by atoms with Crippen LogP contribution in [0.5, 0.6) is 0 Å². The number of H-pyrrole nitrogens is 1. The molecule has 0 radical (unpaired) electrons. The first-order chi connectivity index (χ1) is 9.34. The van der Waals surface area contributed by atoms with Crippen molar-refractivity contribution in [1.82, 2.24) is 29.7 Å². The molecule has 3 aromatic heterocycles. The molecular formula is C12H10N6S. The van der Waals surface area contributed by atoms with E-state index in [-0.39, 0.29) is 0 Å². The van der Waals surface area contributed by atoms with Crippen LogP contribution in [0.3, 0.4) is 0 Å². The van der Waals surface area contributed by atoms with Crippen LogP contribution in [0.2, 0.25) is 0 Å². The number of aromatic nitrogens is 6.